The van der Waals surface area contributed by atoms with Crippen LogP contribution in [-0.4, -0.2) is 15.8 Å². The lowest BCUT2D eigenvalue weighted by atomic mass is 9.99. The second kappa shape index (κ2) is 6.44. The van der Waals surface area contributed by atoms with Crippen LogP contribution in [0.25, 0.3) is 0 Å². The fraction of sp³-hybridized carbons (Fsp3) is 0.900. The van der Waals surface area contributed by atoms with Crippen LogP contribution in [0, 0.1) is 0 Å². The van der Waals surface area contributed by atoms with Gasteiger partial charge in [0, 0.05) is 0 Å². The van der Waals surface area contributed by atoms with Gasteiger partial charge in [-0.25, -0.2) is 0 Å². The molecule has 3 heteroatoms. The number of rotatable bonds is 7. The maximum Gasteiger partial charge on any atom is 0.217 e. The van der Waals surface area contributed by atoms with Crippen molar-refractivity contribution >= 4 is 17.7 Å². The van der Waals surface area contributed by atoms with Gasteiger partial charge >= 0.3 is 0 Å². The van der Waals surface area contributed by atoms with Gasteiger partial charge in [-0.05, 0) is 13.3 Å². The van der Waals surface area contributed by atoms with Gasteiger partial charge in [-0.3, -0.25) is 4.79 Å². The molecule has 0 spiro atoms. The van der Waals surface area contributed by atoms with E-state index >= 15 is 0 Å². The third kappa shape index (κ3) is 6.11. The number of thiol groups is 1. The zero-order chi connectivity index (χ0) is 10.3. The minimum absolute atomic E-state index is 0.428. The van der Waals surface area contributed by atoms with E-state index in [-0.39, 0.29) is 0 Å². The molecule has 2 nitrogen and oxygen atoms in total. The first-order valence-corrected chi connectivity index (χ1v) is 5.41. The van der Waals surface area contributed by atoms with Crippen molar-refractivity contribution < 1.29 is 9.90 Å². The molecule has 1 atom stereocenters. The van der Waals surface area contributed by atoms with Crippen LogP contribution in [0.3, 0.4) is 0 Å². The molecule has 0 heterocycles. The van der Waals surface area contributed by atoms with Gasteiger partial charge in [0.15, 0.2) is 0 Å². The van der Waals surface area contributed by atoms with E-state index in [1.54, 1.807) is 0 Å². The number of unbranched alkanes of at least 4 members (excludes halogenated alkanes) is 4. The number of hydrogen-bond donors (Lipinski definition) is 2. The minimum Gasteiger partial charge on any atom is -0.381 e. The van der Waals surface area contributed by atoms with Gasteiger partial charge in [-0.2, -0.15) is 0 Å². The molecule has 0 aliphatic heterocycles. The van der Waals surface area contributed by atoms with Gasteiger partial charge in [0.05, 0.1) is 0 Å². The van der Waals surface area contributed by atoms with Crippen molar-refractivity contribution in [2.24, 2.45) is 0 Å². The van der Waals surface area contributed by atoms with Crippen molar-refractivity contribution in [3.63, 3.8) is 0 Å². The van der Waals surface area contributed by atoms with Crippen LogP contribution < -0.4 is 0 Å². The molecule has 0 saturated heterocycles. The monoisotopic (exact) mass is 204 g/mol. The molecule has 0 bridgehead atoms. The SMILES string of the molecule is CCCCCCCC(C)(O)C(=O)S. The standard InChI is InChI=1S/C10H20O2S/c1-3-4-5-6-7-8-10(2,12)9(11)13/h12H,3-8H2,1-2H3,(H,11,13). The van der Waals surface area contributed by atoms with E-state index < -0.39 is 10.7 Å². The quantitative estimate of drug-likeness (QED) is 0.494. The van der Waals surface area contributed by atoms with Crippen molar-refractivity contribution in [3.8, 4) is 0 Å². The molecular formula is C10H20O2S. The summed E-state index contributed by atoms with van der Waals surface area (Å²) in [5.74, 6) is 0. The summed E-state index contributed by atoms with van der Waals surface area (Å²) in [5, 5.41) is 9.09. The van der Waals surface area contributed by atoms with E-state index in [0.29, 0.717) is 6.42 Å². The average molecular weight is 204 g/mol. The summed E-state index contributed by atoms with van der Waals surface area (Å²) in [4.78, 5) is 10.8. The predicted molar refractivity (Wildman–Crippen MR) is 58.0 cm³/mol. The molecule has 0 radical (unpaired) electrons. The van der Waals surface area contributed by atoms with E-state index in [4.69, 9.17) is 0 Å². The summed E-state index contributed by atoms with van der Waals surface area (Å²) in [6.45, 7) is 3.69. The molecular weight excluding hydrogens is 184 g/mol. The number of carbonyl (C=O) groups excluding carboxylic acids is 1. The minimum atomic E-state index is -1.23. The lowest BCUT2D eigenvalue weighted by Gasteiger charge is -2.18. The fourth-order valence-electron chi connectivity index (χ4n) is 1.18. The highest BCUT2D eigenvalue weighted by atomic mass is 32.1. The van der Waals surface area contributed by atoms with E-state index in [1.165, 1.54) is 26.2 Å². The van der Waals surface area contributed by atoms with Gasteiger partial charge in [-0.1, -0.05) is 39.0 Å². The highest BCUT2D eigenvalue weighted by Crippen LogP contribution is 2.17. The number of carbonyl (C=O) groups is 1. The second-order valence-corrected chi connectivity index (χ2v) is 4.15. The third-order valence-electron chi connectivity index (χ3n) is 2.23. The van der Waals surface area contributed by atoms with Gasteiger partial charge < -0.3 is 5.11 Å². The van der Waals surface area contributed by atoms with E-state index in [2.05, 4.69) is 19.6 Å². The first-order valence-electron chi connectivity index (χ1n) is 4.96. The summed E-state index contributed by atoms with van der Waals surface area (Å²) >= 11 is 3.63. The Kier molecular flexibility index (Phi) is 6.43. The molecule has 0 aromatic heterocycles. The molecule has 0 amide bonds. The molecule has 0 aromatic rings. The lowest BCUT2D eigenvalue weighted by Crippen LogP contribution is -2.31. The molecule has 1 unspecified atom stereocenters. The summed E-state index contributed by atoms with van der Waals surface area (Å²) in [7, 11) is 0. The zero-order valence-corrected chi connectivity index (χ0v) is 9.44. The summed E-state index contributed by atoms with van der Waals surface area (Å²) in [6.07, 6.45) is 6.15. The molecule has 1 N–H and O–H groups in total. The Morgan fingerprint density at radius 2 is 1.85 bits per heavy atom. The van der Waals surface area contributed by atoms with Crippen LogP contribution in [0.2, 0.25) is 0 Å². The smallest absolute Gasteiger partial charge is 0.217 e. The van der Waals surface area contributed by atoms with Crippen molar-refractivity contribution in [3.05, 3.63) is 0 Å². The van der Waals surface area contributed by atoms with Crippen molar-refractivity contribution in [1.29, 1.82) is 0 Å². The summed E-state index contributed by atoms with van der Waals surface area (Å²) in [5.41, 5.74) is -1.23. The predicted octanol–water partition coefficient (Wildman–Crippen LogP) is 2.55. The molecule has 0 saturated carbocycles. The Hall–Kier alpha value is -0.0200. The normalized spacial score (nSPS) is 15.4. The van der Waals surface area contributed by atoms with E-state index in [0.717, 1.165) is 12.8 Å². The van der Waals surface area contributed by atoms with Crippen LogP contribution in [-0.2, 0) is 4.79 Å². The van der Waals surface area contributed by atoms with Gasteiger partial charge in [-0.15, -0.1) is 12.6 Å². The highest BCUT2D eigenvalue weighted by Gasteiger charge is 2.25. The van der Waals surface area contributed by atoms with Gasteiger partial charge in [0.25, 0.3) is 0 Å². The second-order valence-electron chi connectivity index (χ2n) is 3.74. The molecule has 0 aromatic carbocycles. The fourth-order valence-corrected chi connectivity index (χ4v) is 1.29. The lowest BCUT2D eigenvalue weighted by molar-refractivity contribution is -0.126. The maximum atomic E-state index is 10.8. The van der Waals surface area contributed by atoms with Crippen LogP contribution in [0.1, 0.15) is 52.4 Å². The first-order chi connectivity index (χ1) is 6.00. The third-order valence-corrected chi connectivity index (χ3v) is 2.71. The van der Waals surface area contributed by atoms with Crippen LogP contribution in [0.15, 0.2) is 0 Å². The maximum absolute atomic E-state index is 10.8. The molecule has 0 aliphatic rings. The summed E-state index contributed by atoms with van der Waals surface area (Å²) in [6, 6.07) is 0. The zero-order valence-electron chi connectivity index (χ0n) is 8.55. The Bertz CT molecular complexity index is 155. The molecule has 0 aliphatic carbocycles. The highest BCUT2D eigenvalue weighted by molar-refractivity contribution is 7.96. The topological polar surface area (TPSA) is 37.3 Å². The Balaban J connectivity index is 3.46. The Morgan fingerprint density at radius 1 is 1.31 bits per heavy atom. The van der Waals surface area contributed by atoms with Gasteiger partial charge in [0.2, 0.25) is 5.12 Å². The van der Waals surface area contributed by atoms with Crippen molar-refractivity contribution in [2.75, 3.05) is 0 Å². The van der Waals surface area contributed by atoms with Gasteiger partial charge in [0.1, 0.15) is 5.60 Å². The molecule has 0 fully saturated rings. The van der Waals surface area contributed by atoms with Crippen molar-refractivity contribution in [2.45, 2.75) is 58.0 Å². The Labute approximate surface area is 86.1 Å². The van der Waals surface area contributed by atoms with Crippen LogP contribution in [0.4, 0.5) is 0 Å². The van der Waals surface area contributed by atoms with Crippen LogP contribution >= 0.6 is 12.6 Å². The van der Waals surface area contributed by atoms with E-state index in [9.17, 15) is 9.90 Å². The number of hydrogen-bond acceptors (Lipinski definition) is 2. The average Bonchev–Trinajstić information content (AvgIpc) is 2.03. The largest absolute Gasteiger partial charge is 0.381 e. The number of aliphatic hydroxyl groups is 1. The molecule has 13 heavy (non-hydrogen) atoms. The van der Waals surface area contributed by atoms with E-state index in [1.807, 2.05) is 0 Å². The Morgan fingerprint density at radius 3 is 2.31 bits per heavy atom. The molecule has 0 rings (SSSR count). The van der Waals surface area contributed by atoms with Crippen molar-refractivity contribution in [1.82, 2.24) is 0 Å². The van der Waals surface area contributed by atoms with Crippen LogP contribution in [0.5, 0.6) is 0 Å². The first kappa shape index (κ1) is 13.0. The molecule has 78 valence electrons. The summed E-state index contributed by atoms with van der Waals surface area (Å²) < 4.78 is 0.